The van der Waals surface area contributed by atoms with Gasteiger partial charge in [0, 0.05) is 36.2 Å². The third kappa shape index (κ3) is 3.96. The smallest absolute Gasteiger partial charge is 0.204 e. The van der Waals surface area contributed by atoms with E-state index >= 15 is 0 Å². The summed E-state index contributed by atoms with van der Waals surface area (Å²) in [6.07, 6.45) is 0. The summed E-state index contributed by atoms with van der Waals surface area (Å²) < 4.78 is 6.54. The molecule has 3 nitrogen and oxygen atoms in total. The molecule has 0 saturated carbocycles. The monoisotopic (exact) mass is 331 g/mol. The van der Waals surface area contributed by atoms with Gasteiger partial charge in [0.2, 0.25) is 5.43 Å². The van der Waals surface area contributed by atoms with Crippen LogP contribution < -0.4 is 10.3 Å². The number of hydrogen-bond acceptors (Lipinski definition) is 6. The van der Waals surface area contributed by atoms with Gasteiger partial charge in [-0.2, -0.15) is 25.3 Å². The highest BCUT2D eigenvalue weighted by Crippen LogP contribution is 2.26. The predicted molar refractivity (Wildman–Crippen MR) is 96.4 cm³/mol. The first kappa shape index (κ1) is 17.5. The molecule has 112 valence electrons. The summed E-state index contributed by atoms with van der Waals surface area (Å²) in [6, 6.07) is 1.56. The molecule has 2 aromatic heterocycles. The van der Waals surface area contributed by atoms with Gasteiger partial charge in [-0.15, -0.1) is 11.3 Å². The molecule has 0 bridgehead atoms. The first-order valence-electron chi connectivity index (χ1n) is 6.66. The number of anilines is 1. The van der Waals surface area contributed by atoms with Crippen molar-refractivity contribution in [3.63, 3.8) is 0 Å². The van der Waals surface area contributed by atoms with Gasteiger partial charge in [0.25, 0.3) is 0 Å². The predicted octanol–water partition coefficient (Wildman–Crippen LogP) is 3.86. The zero-order chi connectivity index (χ0) is 15.1. The molecular weight excluding hydrogens is 310 g/mol. The van der Waals surface area contributed by atoms with E-state index in [0.717, 1.165) is 18.7 Å². The highest BCUT2D eigenvalue weighted by molar-refractivity contribution is 7.80. The number of aryl methyl sites for hydroxylation is 1. The summed E-state index contributed by atoms with van der Waals surface area (Å²) in [4.78, 5) is 14.0. The Hall–Kier alpha value is -0.590. The fraction of sp³-hybridized carbons (Fsp3) is 0.500. The minimum absolute atomic E-state index is 0.0210. The lowest BCUT2D eigenvalue weighted by Gasteiger charge is -2.21. The summed E-state index contributed by atoms with van der Waals surface area (Å²) in [6.45, 7) is 7.43. The first-order valence-corrected chi connectivity index (χ1v) is 8.80. The topological polar surface area (TPSA) is 33.5 Å². The van der Waals surface area contributed by atoms with Crippen molar-refractivity contribution in [2.75, 3.05) is 29.5 Å². The normalized spacial score (nSPS) is 10.2. The van der Waals surface area contributed by atoms with Crippen molar-refractivity contribution in [1.29, 1.82) is 0 Å². The van der Waals surface area contributed by atoms with Gasteiger partial charge in [0.15, 0.2) is 11.5 Å². The van der Waals surface area contributed by atoms with Gasteiger partial charge in [-0.3, -0.25) is 4.79 Å². The molecule has 0 aliphatic heterocycles. The number of hydrogen-bond donors (Lipinski definition) is 2. The van der Waals surface area contributed by atoms with Crippen LogP contribution in [0.5, 0.6) is 0 Å². The quantitative estimate of drug-likeness (QED) is 0.817. The number of nitrogens with zero attached hydrogens (tertiary/aromatic N) is 1. The van der Waals surface area contributed by atoms with Crippen molar-refractivity contribution in [3.05, 3.63) is 27.2 Å². The Kier molecular flexibility index (Phi) is 7.55. The van der Waals surface area contributed by atoms with Gasteiger partial charge in [0.05, 0.1) is 0 Å². The largest absolute Gasteiger partial charge is 0.439 e. The summed E-state index contributed by atoms with van der Waals surface area (Å²) in [5.41, 5.74) is 1.73. The third-order valence-corrected chi connectivity index (χ3v) is 4.15. The highest BCUT2D eigenvalue weighted by Gasteiger charge is 2.13. The van der Waals surface area contributed by atoms with Crippen LogP contribution in [0, 0.1) is 6.92 Å². The lowest BCUT2D eigenvalue weighted by molar-refractivity contribution is 0.579. The SMILES string of the molecule is CC.Cc1csc2c(=O)cc(N(CCS)CCS)oc12. The van der Waals surface area contributed by atoms with E-state index in [1.54, 1.807) is 6.07 Å². The summed E-state index contributed by atoms with van der Waals surface area (Å²) >= 11 is 9.88. The molecule has 6 heteroatoms. The molecule has 0 spiro atoms. The minimum atomic E-state index is 0.0210. The molecule has 0 saturated heterocycles. The van der Waals surface area contributed by atoms with Crippen molar-refractivity contribution in [2.45, 2.75) is 20.8 Å². The van der Waals surface area contributed by atoms with E-state index in [1.165, 1.54) is 11.3 Å². The number of fused-ring (bicyclic) bond motifs is 1. The molecular formula is C14H21NO2S3. The Morgan fingerprint density at radius 2 is 1.85 bits per heavy atom. The van der Waals surface area contributed by atoms with Crippen LogP contribution in [-0.4, -0.2) is 24.6 Å². The Balaban J connectivity index is 0.000000956. The lowest BCUT2D eigenvalue weighted by Crippen LogP contribution is -2.28. The fourth-order valence-corrected chi connectivity index (χ4v) is 3.14. The standard InChI is InChI=1S/C12H15NO2S3.C2H6/c1-8-7-18-12-9(14)6-10(15-11(8)12)13(2-4-16)3-5-17;1-2/h6-7,16-17H,2-5H2,1H3;1-2H3. The zero-order valence-electron chi connectivity index (χ0n) is 12.0. The Morgan fingerprint density at radius 3 is 2.40 bits per heavy atom. The van der Waals surface area contributed by atoms with E-state index < -0.39 is 0 Å². The average molecular weight is 332 g/mol. The van der Waals surface area contributed by atoms with E-state index in [-0.39, 0.29) is 5.43 Å². The molecule has 0 radical (unpaired) electrons. The minimum Gasteiger partial charge on any atom is -0.439 e. The molecule has 2 rings (SSSR count). The fourth-order valence-electron chi connectivity index (χ4n) is 1.77. The van der Waals surface area contributed by atoms with Crippen molar-refractivity contribution < 1.29 is 4.42 Å². The second-order valence-corrected chi connectivity index (χ2v) is 5.73. The Labute approximate surface area is 134 Å². The van der Waals surface area contributed by atoms with Crippen LogP contribution in [0.15, 0.2) is 20.7 Å². The molecule has 2 aromatic rings. The second kappa shape index (κ2) is 8.64. The average Bonchev–Trinajstić information content (AvgIpc) is 2.83. The van der Waals surface area contributed by atoms with Gasteiger partial charge >= 0.3 is 0 Å². The second-order valence-electron chi connectivity index (χ2n) is 3.96. The number of rotatable bonds is 5. The summed E-state index contributed by atoms with van der Waals surface area (Å²) in [7, 11) is 0. The Bertz CT molecular complexity index is 586. The van der Waals surface area contributed by atoms with Crippen LogP contribution in [-0.2, 0) is 0 Å². The van der Waals surface area contributed by atoms with Gasteiger partial charge in [-0.1, -0.05) is 13.8 Å². The van der Waals surface area contributed by atoms with Crippen LogP contribution in [0.4, 0.5) is 5.88 Å². The summed E-state index contributed by atoms with van der Waals surface area (Å²) in [5, 5.41) is 1.95. The van der Waals surface area contributed by atoms with E-state index in [1.807, 2.05) is 31.1 Å². The van der Waals surface area contributed by atoms with Crippen LogP contribution in [0.1, 0.15) is 19.4 Å². The van der Waals surface area contributed by atoms with E-state index in [4.69, 9.17) is 4.42 Å². The van der Waals surface area contributed by atoms with Gasteiger partial charge in [0.1, 0.15) is 4.70 Å². The molecule has 0 aliphatic carbocycles. The van der Waals surface area contributed by atoms with Crippen molar-refractivity contribution in [3.8, 4) is 0 Å². The van der Waals surface area contributed by atoms with Crippen LogP contribution in [0.3, 0.4) is 0 Å². The van der Waals surface area contributed by atoms with E-state index in [2.05, 4.69) is 25.3 Å². The molecule has 0 unspecified atom stereocenters. The molecule has 0 amide bonds. The van der Waals surface area contributed by atoms with Crippen molar-refractivity contribution in [1.82, 2.24) is 0 Å². The maximum Gasteiger partial charge on any atom is 0.204 e. The van der Waals surface area contributed by atoms with Gasteiger partial charge < -0.3 is 9.32 Å². The first-order chi connectivity index (χ1) is 9.67. The molecule has 0 atom stereocenters. The Morgan fingerprint density at radius 1 is 1.25 bits per heavy atom. The summed E-state index contributed by atoms with van der Waals surface area (Å²) in [5.74, 6) is 2.02. The molecule has 0 N–H and O–H groups in total. The molecule has 0 aliphatic rings. The molecule has 2 heterocycles. The number of thiol groups is 2. The van der Waals surface area contributed by atoms with Crippen molar-refractivity contribution in [2.24, 2.45) is 0 Å². The lowest BCUT2D eigenvalue weighted by atomic mass is 10.3. The van der Waals surface area contributed by atoms with E-state index in [0.29, 0.717) is 27.7 Å². The molecule has 0 fully saturated rings. The van der Waals surface area contributed by atoms with Crippen LogP contribution in [0.25, 0.3) is 10.3 Å². The number of thiophene rings is 1. The van der Waals surface area contributed by atoms with Crippen molar-refractivity contribution >= 4 is 52.8 Å². The van der Waals surface area contributed by atoms with Gasteiger partial charge in [-0.05, 0) is 12.3 Å². The molecule has 0 aromatic carbocycles. The molecule has 20 heavy (non-hydrogen) atoms. The van der Waals surface area contributed by atoms with E-state index in [9.17, 15) is 4.79 Å². The van der Waals surface area contributed by atoms with Gasteiger partial charge in [-0.25, -0.2) is 0 Å². The third-order valence-electron chi connectivity index (χ3n) is 2.65. The maximum atomic E-state index is 12.0. The maximum absolute atomic E-state index is 12.0. The zero-order valence-corrected chi connectivity index (χ0v) is 14.7. The highest BCUT2D eigenvalue weighted by atomic mass is 32.1. The van der Waals surface area contributed by atoms with Crippen LogP contribution in [0.2, 0.25) is 0 Å². The van der Waals surface area contributed by atoms with Crippen LogP contribution >= 0.6 is 36.6 Å².